The van der Waals surface area contributed by atoms with Gasteiger partial charge in [-0.15, -0.1) is 0 Å². The van der Waals surface area contributed by atoms with Gasteiger partial charge in [0.05, 0.1) is 11.1 Å². The van der Waals surface area contributed by atoms with E-state index >= 15 is 0 Å². The minimum Gasteiger partial charge on any atom is -0.454 e. The van der Waals surface area contributed by atoms with Crippen LogP contribution < -0.4 is 9.47 Å². The summed E-state index contributed by atoms with van der Waals surface area (Å²) in [7, 11) is 0. The second kappa shape index (κ2) is 6.73. The van der Waals surface area contributed by atoms with E-state index in [1.807, 2.05) is 42.6 Å². The van der Waals surface area contributed by atoms with Crippen molar-refractivity contribution in [2.45, 2.75) is 38.5 Å². The molecule has 29 heavy (non-hydrogen) atoms. The van der Waals surface area contributed by atoms with Gasteiger partial charge in [0.1, 0.15) is 5.78 Å². The van der Waals surface area contributed by atoms with E-state index < -0.39 is 5.41 Å². The fourth-order valence-electron chi connectivity index (χ4n) is 4.21. The Kier molecular flexibility index (Phi) is 4.16. The van der Waals surface area contributed by atoms with Crippen LogP contribution in [0.3, 0.4) is 0 Å². The van der Waals surface area contributed by atoms with Gasteiger partial charge < -0.3 is 9.47 Å². The quantitative estimate of drug-likeness (QED) is 0.624. The fourth-order valence-corrected chi connectivity index (χ4v) is 4.21. The highest BCUT2D eigenvalue weighted by molar-refractivity contribution is 5.94. The van der Waals surface area contributed by atoms with Crippen molar-refractivity contribution in [1.29, 1.82) is 0 Å². The first kappa shape index (κ1) is 17.9. The lowest BCUT2D eigenvalue weighted by Crippen LogP contribution is -2.23. The number of fused-ring (bicyclic) bond motifs is 1. The van der Waals surface area contributed by atoms with Crippen LogP contribution >= 0.6 is 0 Å². The molecule has 2 aromatic carbocycles. The van der Waals surface area contributed by atoms with Crippen LogP contribution in [0.25, 0.3) is 11.1 Å². The largest absolute Gasteiger partial charge is 0.454 e. The molecule has 1 aliphatic carbocycles. The van der Waals surface area contributed by atoms with E-state index in [0.29, 0.717) is 6.42 Å². The van der Waals surface area contributed by atoms with Gasteiger partial charge in [-0.25, -0.2) is 0 Å². The lowest BCUT2D eigenvalue weighted by Gasteiger charge is -2.17. The first-order chi connectivity index (χ1) is 14.1. The molecule has 5 rings (SSSR count). The average Bonchev–Trinajstić information content (AvgIpc) is 3.43. The Morgan fingerprint density at radius 1 is 1.00 bits per heavy atom. The second-order valence-electron chi connectivity index (χ2n) is 7.98. The highest BCUT2D eigenvalue weighted by Crippen LogP contribution is 2.51. The number of aromatic nitrogens is 1. The van der Waals surface area contributed by atoms with Crippen LogP contribution in [-0.2, 0) is 16.6 Å². The van der Waals surface area contributed by atoms with E-state index in [4.69, 9.17) is 9.47 Å². The molecule has 0 spiro atoms. The zero-order valence-electron chi connectivity index (χ0n) is 16.7. The third-order valence-electron chi connectivity index (χ3n) is 6.37. The minimum absolute atomic E-state index is 0.235. The van der Waals surface area contributed by atoms with E-state index in [-0.39, 0.29) is 12.6 Å². The Labute approximate surface area is 170 Å². The maximum absolute atomic E-state index is 13.3. The molecule has 2 heterocycles. The molecule has 146 valence electrons. The van der Waals surface area contributed by atoms with E-state index in [1.54, 1.807) is 0 Å². The van der Waals surface area contributed by atoms with Crippen molar-refractivity contribution >= 4 is 5.78 Å². The Hall–Kier alpha value is -3.14. The lowest BCUT2D eigenvalue weighted by atomic mass is 9.87. The number of nitrogens with zero attached hydrogens (tertiary/aromatic N) is 1. The summed E-state index contributed by atoms with van der Waals surface area (Å²) in [4.78, 5) is 18.0. The molecule has 1 aromatic heterocycles. The number of Topliss-reactive ketones (excluding diaryl/α,β-unsaturated/α-hetero) is 1. The van der Waals surface area contributed by atoms with Crippen molar-refractivity contribution in [2.75, 3.05) is 6.79 Å². The maximum Gasteiger partial charge on any atom is 0.231 e. The number of ether oxygens (including phenoxy) is 2. The maximum atomic E-state index is 13.3. The third kappa shape index (κ3) is 3.00. The summed E-state index contributed by atoms with van der Waals surface area (Å²) in [6.45, 7) is 4.42. The number of ketones is 1. The summed E-state index contributed by atoms with van der Waals surface area (Å²) < 4.78 is 10.9. The van der Waals surface area contributed by atoms with Crippen LogP contribution in [-0.4, -0.2) is 17.6 Å². The van der Waals surface area contributed by atoms with Gasteiger partial charge in [-0.2, -0.15) is 0 Å². The molecule has 1 saturated carbocycles. The van der Waals surface area contributed by atoms with Crippen molar-refractivity contribution < 1.29 is 14.3 Å². The predicted octanol–water partition coefficient (Wildman–Crippen LogP) is 4.94. The highest BCUT2D eigenvalue weighted by atomic mass is 16.7. The van der Waals surface area contributed by atoms with Crippen LogP contribution in [0.5, 0.6) is 11.5 Å². The second-order valence-corrected chi connectivity index (χ2v) is 7.98. The molecule has 0 bridgehead atoms. The van der Waals surface area contributed by atoms with Crippen molar-refractivity contribution in [2.24, 2.45) is 0 Å². The Bertz CT molecular complexity index is 1100. The van der Waals surface area contributed by atoms with E-state index in [1.165, 1.54) is 5.56 Å². The van der Waals surface area contributed by atoms with E-state index in [0.717, 1.165) is 52.3 Å². The van der Waals surface area contributed by atoms with Gasteiger partial charge in [-0.3, -0.25) is 9.78 Å². The first-order valence-electron chi connectivity index (χ1n) is 10.0. The molecule has 0 radical (unpaired) electrons. The summed E-state index contributed by atoms with van der Waals surface area (Å²) in [5.74, 6) is 1.72. The molecule has 2 aliphatic rings. The predicted molar refractivity (Wildman–Crippen MR) is 111 cm³/mol. The number of pyridine rings is 1. The Morgan fingerprint density at radius 3 is 2.52 bits per heavy atom. The molecule has 0 N–H and O–H groups in total. The van der Waals surface area contributed by atoms with Crippen molar-refractivity contribution in [1.82, 2.24) is 4.98 Å². The van der Waals surface area contributed by atoms with Crippen LogP contribution in [0.4, 0.5) is 0 Å². The Balaban J connectivity index is 1.42. The van der Waals surface area contributed by atoms with Crippen molar-refractivity contribution in [3.63, 3.8) is 0 Å². The monoisotopic (exact) mass is 385 g/mol. The number of carbonyl (C=O) groups excluding carboxylic acids is 1. The number of carbonyl (C=O) groups is 1. The smallest absolute Gasteiger partial charge is 0.231 e. The van der Waals surface area contributed by atoms with Crippen molar-refractivity contribution in [3.8, 4) is 22.6 Å². The van der Waals surface area contributed by atoms with E-state index in [9.17, 15) is 4.79 Å². The molecule has 1 aliphatic heterocycles. The molecule has 1 fully saturated rings. The third-order valence-corrected chi connectivity index (χ3v) is 6.37. The topological polar surface area (TPSA) is 48.4 Å². The normalized spacial score (nSPS) is 15.9. The molecule has 4 heteroatoms. The number of hydrogen-bond acceptors (Lipinski definition) is 4. The number of rotatable bonds is 5. The standard InChI is InChI=1S/C25H23NO3/c1-16-17(2)21(26-14-20(16)18-6-4-3-5-7-18)13-24(27)25(10-11-25)19-8-9-22-23(12-19)29-15-28-22/h3-9,12,14H,10-11,13,15H2,1-2H3. The van der Waals surface area contributed by atoms with Gasteiger partial charge in [-0.1, -0.05) is 36.4 Å². The van der Waals surface area contributed by atoms with Gasteiger partial charge >= 0.3 is 0 Å². The minimum atomic E-state index is -0.402. The highest BCUT2D eigenvalue weighted by Gasteiger charge is 2.51. The molecule has 0 saturated heterocycles. The van der Waals surface area contributed by atoms with E-state index in [2.05, 4.69) is 31.0 Å². The summed E-state index contributed by atoms with van der Waals surface area (Å²) in [6.07, 6.45) is 4.02. The Morgan fingerprint density at radius 2 is 1.76 bits per heavy atom. The number of benzene rings is 2. The first-order valence-corrected chi connectivity index (χ1v) is 10.0. The molecule has 0 unspecified atom stereocenters. The van der Waals surface area contributed by atoms with Gasteiger partial charge in [0.15, 0.2) is 11.5 Å². The van der Waals surface area contributed by atoms with Gasteiger partial charge in [0.25, 0.3) is 0 Å². The summed E-state index contributed by atoms with van der Waals surface area (Å²) in [5.41, 5.74) is 6.05. The average molecular weight is 385 g/mol. The summed E-state index contributed by atoms with van der Waals surface area (Å²) in [5, 5.41) is 0. The molecule has 0 amide bonds. The van der Waals surface area contributed by atoms with Crippen molar-refractivity contribution in [3.05, 3.63) is 77.1 Å². The summed E-state index contributed by atoms with van der Waals surface area (Å²) >= 11 is 0. The van der Waals surface area contributed by atoms with Crippen LogP contribution in [0, 0.1) is 13.8 Å². The van der Waals surface area contributed by atoms with Crippen LogP contribution in [0.1, 0.15) is 35.2 Å². The van der Waals surface area contributed by atoms with Gasteiger partial charge in [-0.05, 0) is 61.1 Å². The lowest BCUT2D eigenvalue weighted by molar-refractivity contribution is -0.120. The zero-order valence-corrected chi connectivity index (χ0v) is 16.7. The fraction of sp³-hybridized carbons (Fsp3) is 0.280. The van der Waals surface area contributed by atoms with Crippen LogP contribution in [0.15, 0.2) is 54.7 Å². The van der Waals surface area contributed by atoms with Crippen LogP contribution in [0.2, 0.25) is 0 Å². The molecular formula is C25H23NO3. The number of hydrogen-bond donors (Lipinski definition) is 0. The molecule has 4 nitrogen and oxygen atoms in total. The summed E-state index contributed by atoms with van der Waals surface area (Å²) in [6, 6.07) is 16.1. The SMILES string of the molecule is Cc1c(-c2ccccc2)cnc(CC(=O)C2(c3ccc4c(c3)OCO4)CC2)c1C. The van der Waals surface area contributed by atoms with Gasteiger partial charge in [0, 0.05) is 18.2 Å². The van der Waals surface area contributed by atoms with Gasteiger partial charge in [0.2, 0.25) is 6.79 Å². The zero-order chi connectivity index (χ0) is 20.0. The molecule has 0 atom stereocenters. The molecule has 3 aromatic rings. The molecular weight excluding hydrogens is 362 g/mol.